The Morgan fingerprint density at radius 3 is 2.41 bits per heavy atom. The molecule has 2 aliphatic rings. The Balaban J connectivity index is 1.85. The van der Waals surface area contributed by atoms with Gasteiger partial charge in [-0.25, -0.2) is 0 Å². The van der Waals surface area contributed by atoms with Gasteiger partial charge in [-0.1, -0.05) is 0 Å². The number of hydrogen-bond donors (Lipinski definition) is 0. The molecule has 0 aliphatic carbocycles. The van der Waals surface area contributed by atoms with Gasteiger partial charge in [0.05, 0.1) is 25.9 Å². The van der Waals surface area contributed by atoms with E-state index >= 15 is 0 Å². The molecule has 0 aromatic rings. The van der Waals surface area contributed by atoms with Crippen LogP contribution in [0.2, 0.25) is 0 Å². The van der Waals surface area contributed by atoms with E-state index in [2.05, 4.69) is 51.3 Å². The third-order valence-corrected chi connectivity index (χ3v) is 5.31. The van der Waals surface area contributed by atoms with Gasteiger partial charge < -0.3 is 9.47 Å². The fourth-order valence-corrected chi connectivity index (χ4v) is 3.79. The summed E-state index contributed by atoms with van der Waals surface area (Å²) in [6.07, 6.45) is 2.70. The minimum atomic E-state index is 0.219. The lowest BCUT2D eigenvalue weighted by Gasteiger charge is -2.46. The molecule has 2 fully saturated rings. The van der Waals surface area contributed by atoms with Gasteiger partial charge in [0.2, 0.25) is 0 Å². The van der Waals surface area contributed by atoms with E-state index in [1.54, 1.807) is 0 Å². The van der Waals surface area contributed by atoms with Crippen LogP contribution in [0.1, 0.15) is 54.4 Å². The van der Waals surface area contributed by atoms with E-state index in [0.29, 0.717) is 12.1 Å². The summed E-state index contributed by atoms with van der Waals surface area (Å²) >= 11 is 0. The molecule has 0 N–H and O–H groups in total. The normalized spacial score (nSPS) is 29.7. The quantitative estimate of drug-likeness (QED) is 0.797. The zero-order chi connectivity index (χ0) is 16.4. The monoisotopic (exact) mass is 312 g/mol. The summed E-state index contributed by atoms with van der Waals surface area (Å²) in [6, 6.07) is 0.516. The standard InChI is InChI=1S/C18H36N2O2/c1-15-14-21-11-10-20(15)18(5,6)8-7-16-13-19(9-12-22-16)17(2,3)4/h15-16H,7-14H2,1-6H3. The van der Waals surface area contributed by atoms with E-state index < -0.39 is 0 Å². The van der Waals surface area contributed by atoms with Gasteiger partial charge in [0.25, 0.3) is 0 Å². The largest absolute Gasteiger partial charge is 0.379 e. The molecule has 0 aromatic heterocycles. The fraction of sp³-hybridized carbons (Fsp3) is 1.00. The Bertz CT molecular complexity index is 351. The highest BCUT2D eigenvalue weighted by molar-refractivity contribution is 4.89. The van der Waals surface area contributed by atoms with Gasteiger partial charge >= 0.3 is 0 Å². The molecule has 2 unspecified atom stereocenters. The van der Waals surface area contributed by atoms with Gasteiger partial charge in [-0.3, -0.25) is 9.80 Å². The first kappa shape index (κ1) is 18.2. The van der Waals surface area contributed by atoms with E-state index in [9.17, 15) is 0 Å². The lowest BCUT2D eigenvalue weighted by atomic mass is 9.91. The minimum Gasteiger partial charge on any atom is -0.379 e. The molecule has 0 aromatic carbocycles. The lowest BCUT2D eigenvalue weighted by molar-refractivity contribution is -0.0772. The molecular weight excluding hydrogens is 276 g/mol. The SMILES string of the molecule is CC1COCCN1C(C)(C)CCC1CN(C(C)(C)C)CCO1. The molecule has 2 aliphatic heterocycles. The maximum absolute atomic E-state index is 6.03. The molecule has 0 radical (unpaired) electrons. The molecule has 0 spiro atoms. The number of nitrogens with zero attached hydrogens (tertiary/aromatic N) is 2. The first-order valence-corrected chi connectivity index (χ1v) is 8.91. The van der Waals surface area contributed by atoms with Crippen LogP contribution in [-0.2, 0) is 9.47 Å². The molecule has 0 amide bonds. The topological polar surface area (TPSA) is 24.9 Å². The second-order valence-corrected chi connectivity index (χ2v) is 8.58. The first-order chi connectivity index (χ1) is 10.2. The Labute approximate surface area is 137 Å². The van der Waals surface area contributed by atoms with Gasteiger partial charge in [-0.2, -0.15) is 0 Å². The number of hydrogen-bond acceptors (Lipinski definition) is 4. The van der Waals surface area contributed by atoms with Gasteiger partial charge in [0.1, 0.15) is 0 Å². The maximum atomic E-state index is 6.03. The smallest absolute Gasteiger partial charge is 0.0703 e. The van der Waals surface area contributed by atoms with Crippen molar-refractivity contribution in [3.63, 3.8) is 0 Å². The van der Waals surface area contributed by atoms with Crippen LogP contribution in [0.25, 0.3) is 0 Å². The maximum Gasteiger partial charge on any atom is 0.0703 e. The van der Waals surface area contributed by atoms with Crippen molar-refractivity contribution >= 4 is 0 Å². The second kappa shape index (κ2) is 7.16. The summed E-state index contributed by atoms with van der Waals surface area (Å²) in [5, 5.41) is 0. The van der Waals surface area contributed by atoms with Crippen LogP contribution in [0.15, 0.2) is 0 Å². The Hall–Kier alpha value is -0.160. The van der Waals surface area contributed by atoms with E-state index in [4.69, 9.17) is 9.47 Å². The second-order valence-electron chi connectivity index (χ2n) is 8.58. The van der Waals surface area contributed by atoms with E-state index in [1.165, 1.54) is 6.42 Å². The third kappa shape index (κ3) is 4.67. The summed E-state index contributed by atoms with van der Waals surface area (Å²) in [7, 11) is 0. The van der Waals surface area contributed by atoms with Crippen molar-refractivity contribution in [2.24, 2.45) is 0 Å². The fourth-order valence-electron chi connectivity index (χ4n) is 3.79. The van der Waals surface area contributed by atoms with Crippen LogP contribution in [0, 0.1) is 0 Å². The zero-order valence-corrected chi connectivity index (χ0v) is 15.5. The highest BCUT2D eigenvalue weighted by atomic mass is 16.5. The first-order valence-electron chi connectivity index (χ1n) is 8.91. The van der Waals surface area contributed by atoms with Crippen molar-refractivity contribution in [2.75, 3.05) is 39.5 Å². The zero-order valence-electron chi connectivity index (χ0n) is 15.5. The average molecular weight is 312 g/mol. The van der Waals surface area contributed by atoms with Crippen LogP contribution < -0.4 is 0 Å². The molecular formula is C18H36N2O2. The van der Waals surface area contributed by atoms with Crippen LogP contribution in [0.5, 0.6) is 0 Å². The van der Waals surface area contributed by atoms with Gasteiger partial charge in [-0.15, -0.1) is 0 Å². The van der Waals surface area contributed by atoms with Crippen LogP contribution in [0.4, 0.5) is 0 Å². The van der Waals surface area contributed by atoms with Crippen LogP contribution in [0.3, 0.4) is 0 Å². The van der Waals surface area contributed by atoms with Crippen molar-refractivity contribution in [3.05, 3.63) is 0 Å². The third-order valence-electron chi connectivity index (χ3n) is 5.31. The Morgan fingerprint density at radius 1 is 1.05 bits per heavy atom. The van der Waals surface area contributed by atoms with Crippen LogP contribution >= 0.6 is 0 Å². The summed E-state index contributed by atoms with van der Waals surface area (Å²) in [6.45, 7) is 19.7. The van der Waals surface area contributed by atoms with E-state index in [0.717, 1.165) is 45.9 Å². The van der Waals surface area contributed by atoms with Gasteiger partial charge in [-0.05, 0) is 54.4 Å². The lowest BCUT2D eigenvalue weighted by Crippen LogP contribution is -2.55. The number of rotatable bonds is 4. The average Bonchev–Trinajstić information content (AvgIpc) is 2.45. The van der Waals surface area contributed by atoms with Crippen molar-refractivity contribution < 1.29 is 9.47 Å². The van der Waals surface area contributed by atoms with Crippen molar-refractivity contribution in [3.8, 4) is 0 Å². The van der Waals surface area contributed by atoms with E-state index in [-0.39, 0.29) is 11.1 Å². The molecule has 22 heavy (non-hydrogen) atoms. The van der Waals surface area contributed by atoms with Crippen molar-refractivity contribution in [1.82, 2.24) is 9.80 Å². The Kier molecular flexibility index (Phi) is 5.92. The van der Waals surface area contributed by atoms with Gasteiger partial charge in [0.15, 0.2) is 0 Å². The summed E-state index contributed by atoms with van der Waals surface area (Å²) in [5.74, 6) is 0. The number of ether oxygens (including phenoxy) is 2. The molecule has 2 saturated heterocycles. The highest BCUT2D eigenvalue weighted by Gasteiger charge is 2.34. The number of morpholine rings is 2. The molecule has 0 saturated carbocycles. The van der Waals surface area contributed by atoms with Crippen molar-refractivity contribution in [2.45, 2.75) is 77.6 Å². The summed E-state index contributed by atoms with van der Waals surface area (Å²) in [4.78, 5) is 5.17. The summed E-state index contributed by atoms with van der Waals surface area (Å²) in [5.41, 5.74) is 0.465. The molecule has 0 bridgehead atoms. The van der Waals surface area contributed by atoms with Gasteiger partial charge in [0, 0.05) is 36.8 Å². The molecule has 2 atom stereocenters. The van der Waals surface area contributed by atoms with Crippen LogP contribution in [-0.4, -0.2) is 72.5 Å². The molecule has 2 heterocycles. The summed E-state index contributed by atoms with van der Waals surface area (Å²) < 4.78 is 11.6. The minimum absolute atomic E-state index is 0.219. The predicted molar refractivity (Wildman–Crippen MR) is 91.4 cm³/mol. The predicted octanol–water partition coefficient (Wildman–Crippen LogP) is 2.77. The molecule has 130 valence electrons. The Morgan fingerprint density at radius 2 is 1.77 bits per heavy atom. The highest BCUT2D eigenvalue weighted by Crippen LogP contribution is 2.28. The van der Waals surface area contributed by atoms with E-state index in [1.807, 2.05) is 0 Å². The van der Waals surface area contributed by atoms with Crippen molar-refractivity contribution in [1.29, 1.82) is 0 Å². The molecule has 2 rings (SSSR count). The molecule has 4 nitrogen and oxygen atoms in total. The molecule has 4 heteroatoms.